The first kappa shape index (κ1) is 24.5. The van der Waals surface area contributed by atoms with Crippen molar-refractivity contribution in [3.63, 3.8) is 0 Å². The van der Waals surface area contributed by atoms with Crippen molar-refractivity contribution in [1.82, 2.24) is 0 Å². The maximum absolute atomic E-state index is 14.9. The van der Waals surface area contributed by atoms with Crippen LogP contribution in [0.4, 0.5) is 8.78 Å². The Labute approximate surface area is 204 Å². The molecule has 0 radical (unpaired) electrons. The van der Waals surface area contributed by atoms with Gasteiger partial charge in [0.1, 0.15) is 11.6 Å². The zero-order chi connectivity index (χ0) is 23.9. The molecule has 4 atom stereocenters. The highest BCUT2D eigenvalue weighted by molar-refractivity contribution is 5.45. The van der Waals surface area contributed by atoms with Crippen molar-refractivity contribution in [1.29, 1.82) is 0 Å². The first-order chi connectivity index (χ1) is 16.6. The zero-order valence-corrected chi connectivity index (χ0v) is 20.2. The standard InChI is InChI=1S/C32H36F2/c1-3-5-7-23-10-12-28-21-29(18-17-27(28)19-23)30-16-15-26(32(34)22-30)14-13-25-11-9-24(8-6-4-2)20-31(25)33/h3-4,9,11,15-16,20,22-23,27-29H,1-2,5-8,10,12,17-19,21H2. The van der Waals surface area contributed by atoms with E-state index in [0.717, 1.165) is 54.6 Å². The summed E-state index contributed by atoms with van der Waals surface area (Å²) in [6.07, 6.45) is 15.4. The quantitative estimate of drug-likeness (QED) is 0.287. The third-order valence-electron chi connectivity index (χ3n) is 7.97. The highest BCUT2D eigenvalue weighted by Gasteiger charge is 2.35. The van der Waals surface area contributed by atoms with Crippen LogP contribution in [0, 0.1) is 41.2 Å². The number of allylic oxidation sites excluding steroid dienone is 2. The van der Waals surface area contributed by atoms with Crippen molar-refractivity contribution >= 4 is 0 Å². The number of halogens is 2. The van der Waals surface area contributed by atoms with Gasteiger partial charge in [-0.2, -0.15) is 0 Å². The molecule has 34 heavy (non-hydrogen) atoms. The highest BCUT2D eigenvalue weighted by atomic mass is 19.1. The van der Waals surface area contributed by atoms with Gasteiger partial charge in [0.15, 0.2) is 0 Å². The molecule has 0 N–H and O–H groups in total. The Balaban J connectivity index is 1.39. The molecule has 4 unspecified atom stereocenters. The van der Waals surface area contributed by atoms with E-state index in [1.807, 2.05) is 24.3 Å². The number of benzene rings is 2. The molecular weight excluding hydrogens is 422 g/mol. The molecule has 0 nitrogen and oxygen atoms in total. The number of hydrogen-bond acceptors (Lipinski definition) is 0. The van der Waals surface area contributed by atoms with Crippen LogP contribution in [0.25, 0.3) is 0 Å². The van der Waals surface area contributed by atoms with Gasteiger partial charge in [-0.1, -0.05) is 42.5 Å². The van der Waals surface area contributed by atoms with Crippen LogP contribution in [0.1, 0.15) is 86.0 Å². The van der Waals surface area contributed by atoms with E-state index in [-0.39, 0.29) is 11.6 Å². The molecule has 2 fully saturated rings. The van der Waals surface area contributed by atoms with Gasteiger partial charge in [-0.15, -0.1) is 13.2 Å². The smallest absolute Gasteiger partial charge is 0.139 e. The summed E-state index contributed by atoms with van der Waals surface area (Å²) >= 11 is 0. The molecular formula is C32H36F2. The van der Waals surface area contributed by atoms with Crippen LogP contribution in [0.15, 0.2) is 61.7 Å². The second kappa shape index (κ2) is 11.7. The molecule has 0 saturated heterocycles. The van der Waals surface area contributed by atoms with E-state index in [0.29, 0.717) is 17.0 Å². The number of rotatable bonds is 7. The van der Waals surface area contributed by atoms with E-state index in [9.17, 15) is 8.78 Å². The summed E-state index contributed by atoms with van der Waals surface area (Å²) in [5.41, 5.74) is 2.63. The lowest BCUT2D eigenvalue weighted by Gasteiger charge is -2.42. The van der Waals surface area contributed by atoms with Gasteiger partial charge in [0.05, 0.1) is 11.1 Å². The molecule has 2 aromatic carbocycles. The summed E-state index contributed by atoms with van der Waals surface area (Å²) in [7, 11) is 0. The van der Waals surface area contributed by atoms with E-state index in [2.05, 4.69) is 25.0 Å². The highest BCUT2D eigenvalue weighted by Crippen LogP contribution is 2.48. The summed E-state index contributed by atoms with van der Waals surface area (Å²) in [4.78, 5) is 0. The Morgan fingerprint density at radius 1 is 0.794 bits per heavy atom. The predicted molar refractivity (Wildman–Crippen MR) is 138 cm³/mol. The van der Waals surface area contributed by atoms with Crippen LogP contribution in [0.2, 0.25) is 0 Å². The molecule has 0 heterocycles. The van der Waals surface area contributed by atoms with Crippen molar-refractivity contribution in [3.05, 3.63) is 95.6 Å². The predicted octanol–water partition coefficient (Wildman–Crippen LogP) is 8.75. The lowest BCUT2D eigenvalue weighted by Crippen LogP contribution is -2.30. The summed E-state index contributed by atoms with van der Waals surface area (Å²) in [5.74, 6) is 7.91. The first-order valence-corrected chi connectivity index (χ1v) is 12.9. The van der Waals surface area contributed by atoms with Gasteiger partial charge in [0, 0.05) is 0 Å². The third-order valence-corrected chi connectivity index (χ3v) is 7.97. The van der Waals surface area contributed by atoms with Crippen LogP contribution in [-0.4, -0.2) is 0 Å². The molecule has 0 bridgehead atoms. The fourth-order valence-corrected chi connectivity index (χ4v) is 6.01. The van der Waals surface area contributed by atoms with Gasteiger partial charge < -0.3 is 0 Å². The van der Waals surface area contributed by atoms with Gasteiger partial charge in [0.2, 0.25) is 0 Å². The number of aryl methyl sites for hydroxylation is 1. The third kappa shape index (κ3) is 6.06. The van der Waals surface area contributed by atoms with E-state index in [4.69, 9.17) is 0 Å². The van der Waals surface area contributed by atoms with E-state index >= 15 is 0 Å². The zero-order valence-electron chi connectivity index (χ0n) is 20.2. The van der Waals surface area contributed by atoms with Crippen molar-refractivity contribution in [3.8, 4) is 11.8 Å². The minimum absolute atomic E-state index is 0.299. The maximum atomic E-state index is 14.9. The van der Waals surface area contributed by atoms with E-state index in [1.165, 1.54) is 44.6 Å². The summed E-state index contributed by atoms with van der Waals surface area (Å²) < 4.78 is 29.3. The minimum atomic E-state index is -0.359. The second-order valence-corrected chi connectivity index (χ2v) is 10.2. The van der Waals surface area contributed by atoms with Crippen molar-refractivity contribution in [2.45, 2.75) is 70.1 Å². The van der Waals surface area contributed by atoms with Gasteiger partial charge in [0.25, 0.3) is 0 Å². The molecule has 0 amide bonds. The maximum Gasteiger partial charge on any atom is 0.139 e. The van der Waals surface area contributed by atoms with Crippen LogP contribution in [0.5, 0.6) is 0 Å². The average Bonchev–Trinajstić information content (AvgIpc) is 2.85. The molecule has 2 aromatic rings. The Morgan fingerprint density at radius 2 is 1.47 bits per heavy atom. The van der Waals surface area contributed by atoms with Crippen LogP contribution < -0.4 is 0 Å². The average molecular weight is 459 g/mol. The minimum Gasteiger partial charge on any atom is -0.206 e. The Kier molecular flexibility index (Phi) is 8.39. The van der Waals surface area contributed by atoms with E-state index in [1.54, 1.807) is 18.2 Å². The lowest BCUT2D eigenvalue weighted by atomic mass is 9.63. The molecule has 4 rings (SSSR count). The van der Waals surface area contributed by atoms with Crippen molar-refractivity contribution in [2.75, 3.05) is 0 Å². The van der Waals surface area contributed by atoms with Crippen LogP contribution in [0.3, 0.4) is 0 Å². The second-order valence-electron chi connectivity index (χ2n) is 10.2. The lowest BCUT2D eigenvalue weighted by molar-refractivity contribution is 0.115. The van der Waals surface area contributed by atoms with Gasteiger partial charge in [-0.05, 0) is 117 Å². The summed E-state index contributed by atoms with van der Waals surface area (Å²) in [6.45, 7) is 7.57. The molecule has 2 aliphatic carbocycles. The monoisotopic (exact) mass is 458 g/mol. The van der Waals surface area contributed by atoms with E-state index < -0.39 is 0 Å². The molecule has 0 spiro atoms. The van der Waals surface area contributed by atoms with Crippen molar-refractivity contribution < 1.29 is 8.78 Å². The molecule has 2 saturated carbocycles. The number of fused-ring (bicyclic) bond motifs is 1. The Hall–Kier alpha value is -2.66. The van der Waals surface area contributed by atoms with Crippen molar-refractivity contribution in [2.24, 2.45) is 17.8 Å². The fraction of sp³-hybridized carbons (Fsp3) is 0.438. The number of hydrogen-bond donors (Lipinski definition) is 0. The van der Waals surface area contributed by atoms with Crippen LogP contribution >= 0.6 is 0 Å². The molecule has 2 aliphatic rings. The fourth-order valence-electron chi connectivity index (χ4n) is 6.01. The van der Waals surface area contributed by atoms with Crippen LogP contribution in [-0.2, 0) is 6.42 Å². The molecule has 0 aromatic heterocycles. The molecule has 0 aliphatic heterocycles. The summed E-state index contributed by atoms with van der Waals surface area (Å²) in [5, 5.41) is 0. The Bertz CT molecular complexity index is 1070. The largest absolute Gasteiger partial charge is 0.206 e. The Morgan fingerprint density at radius 3 is 2.18 bits per heavy atom. The molecule has 178 valence electrons. The topological polar surface area (TPSA) is 0 Å². The van der Waals surface area contributed by atoms with Gasteiger partial charge in [-0.3, -0.25) is 0 Å². The first-order valence-electron chi connectivity index (χ1n) is 12.9. The summed E-state index contributed by atoms with van der Waals surface area (Å²) in [6, 6.07) is 10.5. The normalized spacial score (nSPS) is 23.9. The SMILES string of the molecule is C=CCCc1ccc(C#Cc2ccc(C3CCC4CC(CCC=C)CCC4C3)cc2F)c(F)c1. The van der Waals surface area contributed by atoms with Gasteiger partial charge >= 0.3 is 0 Å². The molecule has 2 heteroatoms. The van der Waals surface area contributed by atoms with Gasteiger partial charge in [-0.25, -0.2) is 8.78 Å².